The Kier molecular flexibility index (Phi) is 3.27. The summed E-state index contributed by atoms with van der Waals surface area (Å²) in [5, 5.41) is 20.0. The van der Waals surface area contributed by atoms with Crippen molar-refractivity contribution in [2.45, 2.75) is 20.4 Å². The Morgan fingerprint density at radius 3 is 2.83 bits per heavy atom. The predicted octanol–water partition coefficient (Wildman–Crippen LogP) is 2.00. The predicted molar refractivity (Wildman–Crippen MR) is 64.5 cm³/mol. The third-order valence-electron chi connectivity index (χ3n) is 2.71. The standard InChI is InChI=1S/C12H13N3O3/c1-7-8(2)14-15-11(10(7)12(16)17)13-5-9-3-4-18-6-9/h3-4,6H,5H2,1-2H3,(H,13,15)(H,16,17). The summed E-state index contributed by atoms with van der Waals surface area (Å²) in [6.07, 6.45) is 3.14. The molecule has 0 aromatic carbocycles. The van der Waals surface area contributed by atoms with Crippen LogP contribution in [0.2, 0.25) is 0 Å². The number of rotatable bonds is 4. The van der Waals surface area contributed by atoms with E-state index < -0.39 is 5.97 Å². The van der Waals surface area contributed by atoms with Gasteiger partial charge >= 0.3 is 5.97 Å². The van der Waals surface area contributed by atoms with E-state index in [4.69, 9.17) is 4.42 Å². The van der Waals surface area contributed by atoms with E-state index in [0.717, 1.165) is 5.56 Å². The highest BCUT2D eigenvalue weighted by Gasteiger charge is 2.17. The van der Waals surface area contributed by atoms with Crippen molar-refractivity contribution in [2.75, 3.05) is 5.32 Å². The third-order valence-corrected chi connectivity index (χ3v) is 2.71. The number of carboxylic acid groups (broad SMARTS) is 1. The topological polar surface area (TPSA) is 88.3 Å². The van der Waals surface area contributed by atoms with Gasteiger partial charge in [-0.25, -0.2) is 4.79 Å². The Morgan fingerprint density at radius 2 is 2.22 bits per heavy atom. The first-order valence-electron chi connectivity index (χ1n) is 5.41. The van der Waals surface area contributed by atoms with Gasteiger partial charge in [0.05, 0.1) is 18.2 Å². The van der Waals surface area contributed by atoms with Gasteiger partial charge in [-0.15, -0.1) is 5.10 Å². The maximum atomic E-state index is 11.2. The molecular weight excluding hydrogens is 234 g/mol. The van der Waals surface area contributed by atoms with Gasteiger partial charge in [-0.2, -0.15) is 5.10 Å². The quantitative estimate of drug-likeness (QED) is 0.859. The molecule has 0 amide bonds. The van der Waals surface area contributed by atoms with Crippen LogP contribution in [0.15, 0.2) is 23.0 Å². The van der Waals surface area contributed by atoms with Crippen LogP contribution < -0.4 is 5.32 Å². The largest absolute Gasteiger partial charge is 0.478 e. The molecule has 0 atom stereocenters. The maximum absolute atomic E-state index is 11.2. The summed E-state index contributed by atoms with van der Waals surface area (Å²) in [6, 6.07) is 1.79. The Balaban J connectivity index is 2.27. The zero-order valence-electron chi connectivity index (χ0n) is 10.1. The van der Waals surface area contributed by atoms with Crippen molar-refractivity contribution in [2.24, 2.45) is 0 Å². The number of anilines is 1. The molecule has 0 saturated carbocycles. The Labute approximate surface area is 104 Å². The van der Waals surface area contributed by atoms with Crippen LogP contribution in [-0.4, -0.2) is 21.3 Å². The fourth-order valence-corrected chi connectivity index (χ4v) is 1.57. The number of nitrogens with zero attached hydrogens (tertiary/aromatic N) is 2. The molecule has 94 valence electrons. The van der Waals surface area contributed by atoms with Gasteiger partial charge in [0.2, 0.25) is 0 Å². The van der Waals surface area contributed by atoms with Crippen molar-refractivity contribution in [1.29, 1.82) is 0 Å². The van der Waals surface area contributed by atoms with E-state index in [1.807, 2.05) is 0 Å². The Morgan fingerprint density at radius 1 is 1.44 bits per heavy atom. The number of carbonyl (C=O) groups is 1. The number of hydrogen-bond acceptors (Lipinski definition) is 5. The first-order chi connectivity index (χ1) is 8.59. The van der Waals surface area contributed by atoms with Crippen LogP contribution in [0.3, 0.4) is 0 Å². The fraction of sp³-hybridized carbons (Fsp3) is 0.250. The summed E-state index contributed by atoms with van der Waals surface area (Å²) in [7, 11) is 0. The van der Waals surface area contributed by atoms with Crippen molar-refractivity contribution in [3.63, 3.8) is 0 Å². The van der Waals surface area contributed by atoms with Gasteiger partial charge in [0.25, 0.3) is 0 Å². The molecule has 6 heteroatoms. The minimum atomic E-state index is -1.01. The van der Waals surface area contributed by atoms with Gasteiger partial charge in [-0.05, 0) is 25.5 Å². The number of aromatic nitrogens is 2. The van der Waals surface area contributed by atoms with E-state index in [0.29, 0.717) is 17.8 Å². The summed E-state index contributed by atoms with van der Waals surface area (Å²) < 4.78 is 4.93. The molecule has 0 fully saturated rings. The SMILES string of the molecule is Cc1nnc(NCc2ccoc2)c(C(=O)O)c1C. The molecule has 0 aliphatic carbocycles. The molecule has 0 spiro atoms. The number of aryl methyl sites for hydroxylation is 1. The summed E-state index contributed by atoms with van der Waals surface area (Å²) in [5.74, 6) is -0.744. The number of hydrogen-bond donors (Lipinski definition) is 2. The van der Waals surface area contributed by atoms with Gasteiger partial charge < -0.3 is 14.8 Å². The van der Waals surface area contributed by atoms with E-state index in [2.05, 4.69) is 15.5 Å². The minimum Gasteiger partial charge on any atom is -0.478 e. The number of furan rings is 1. The van der Waals surface area contributed by atoms with E-state index in [-0.39, 0.29) is 11.4 Å². The lowest BCUT2D eigenvalue weighted by molar-refractivity contribution is 0.0696. The summed E-state index contributed by atoms with van der Waals surface area (Å²) in [5.41, 5.74) is 2.30. The lowest BCUT2D eigenvalue weighted by Crippen LogP contribution is -2.12. The second kappa shape index (κ2) is 4.87. The fourth-order valence-electron chi connectivity index (χ4n) is 1.57. The first-order valence-corrected chi connectivity index (χ1v) is 5.41. The normalized spacial score (nSPS) is 10.3. The van der Waals surface area contributed by atoms with Crippen molar-refractivity contribution >= 4 is 11.8 Å². The van der Waals surface area contributed by atoms with E-state index in [9.17, 15) is 9.90 Å². The van der Waals surface area contributed by atoms with Crippen molar-refractivity contribution in [1.82, 2.24) is 10.2 Å². The molecule has 0 radical (unpaired) electrons. The average molecular weight is 247 g/mol. The molecule has 6 nitrogen and oxygen atoms in total. The van der Waals surface area contributed by atoms with E-state index >= 15 is 0 Å². The molecule has 2 heterocycles. The molecular formula is C12H13N3O3. The van der Waals surface area contributed by atoms with Crippen molar-refractivity contribution in [3.05, 3.63) is 41.0 Å². The van der Waals surface area contributed by atoms with E-state index in [1.54, 1.807) is 32.4 Å². The molecule has 0 saturated heterocycles. The number of nitrogens with one attached hydrogen (secondary N) is 1. The maximum Gasteiger partial charge on any atom is 0.339 e. The average Bonchev–Trinajstić information content (AvgIpc) is 2.83. The minimum absolute atomic E-state index is 0.158. The molecule has 0 unspecified atom stereocenters. The molecule has 0 aliphatic rings. The second-order valence-electron chi connectivity index (χ2n) is 3.92. The van der Waals surface area contributed by atoms with Crippen LogP contribution in [0.4, 0.5) is 5.82 Å². The monoisotopic (exact) mass is 247 g/mol. The lowest BCUT2D eigenvalue weighted by Gasteiger charge is -2.10. The molecule has 2 aromatic rings. The van der Waals surface area contributed by atoms with Crippen LogP contribution in [0.5, 0.6) is 0 Å². The summed E-state index contributed by atoms with van der Waals surface area (Å²) in [6.45, 7) is 3.89. The second-order valence-corrected chi connectivity index (χ2v) is 3.92. The van der Waals surface area contributed by atoms with Gasteiger partial charge in [0.1, 0.15) is 5.56 Å². The van der Waals surface area contributed by atoms with Gasteiger partial charge in [0.15, 0.2) is 5.82 Å². The van der Waals surface area contributed by atoms with Gasteiger partial charge in [0, 0.05) is 12.1 Å². The molecule has 2 N–H and O–H groups in total. The molecule has 2 aromatic heterocycles. The number of carboxylic acids is 1. The van der Waals surface area contributed by atoms with Crippen LogP contribution >= 0.6 is 0 Å². The highest BCUT2D eigenvalue weighted by atomic mass is 16.4. The zero-order valence-corrected chi connectivity index (χ0v) is 10.1. The van der Waals surface area contributed by atoms with Crippen molar-refractivity contribution in [3.8, 4) is 0 Å². The Hall–Kier alpha value is -2.37. The van der Waals surface area contributed by atoms with Crippen LogP contribution in [0.1, 0.15) is 27.2 Å². The highest BCUT2D eigenvalue weighted by molar-refractivity contribution is 5.94. The van der Waals surface area contributed by atoms with Gasteiger partial charge in [-0.3, -0.25) is 0 Å². The highest BCUT2D eigenvalue weighted by Crippen LogP contribution is 2.19. The molecule has 0 bridgehead atoms. The first kappa shape index (κ1) is 12.1. The Bertz CT molecular complexity index is 564. The lowest BCUT2D eigenvalue weighted by atomic mass is 10.1. The van der Waals surface area contributed by atoms with E-state index in [1.165, 1.54) is 0 Å². The van der Waals surface area contributed by atoms with Crippen LogP contribution in [0, 0.1) is 13.8 Å². The smallest absolute Gasteiger partial charge is 0.339 e. The van der Waals surface area contributed by atoms with Crippen molar-refractivity contribution < 1.29 is 14.3 Å². The molecule has 18 heavy (non-hydrogen) atoms. The van der Waals surface area contributed by atoms with Gasteiger partial charge in [-0.1, -0.05) is 0 Å². The third kappa shape index (κ3) is 2.32. The van der Waals surface area contributed by atoms with Crippen LogP contribution in [0.25, 0.3) is 0 Å². The molecule has 0 aliphatic heterocycles. The number of aromatic carboxylic acids is 1. The molecule has 2 rings (SSSR count). The zero-order chi connectivity index (χ0) is 13.1. The van der Waals surface area contributed by atoms with Crippen LogP contribution in [-0.2, 0) is 6.54 Å². The summed E-state index contributed by atoms with van der Waals surface area (Å²) >= 11 is 0. The summed E-state index contributed by atoms with van der Waals surface area (Å²) in [4.78, 5) is 11.2.